The number of thioether (sulfide) groups is 1. The fraction of sp³-hybridized carbons (Fsp3) is 0.312. The van der Waals surface area contributed by atoms with Crippen molar-refractivity contribution in [3.63, 3.8) is 0 Å². The lowest BCUT2D eigenvalue weighted by atomic mass is 9.79. The molecule has 0 radical (unpaired) electrons. The maximum Gasteiger partial charge on any atom is 0.225 e. The molecule has 1 aliphatic heterocycles. The van der Waals surface area contributed by atoms with Crippen LogP contribution in [0.1, 0.15) is 56.0 Å². The van der Waals surface area contributed by atoms with E-state index in [0.717, 1.165) is 28.2 Å². The predicted molar refractivity (Wildman–Crippen MR) is 155 cm³/mol. The monoisotopic (exact) mass is 529 g/mol. The number of hydrogen-bond donors (Lipinski definition) is 1. The van der Waals surface area contributed by atoms with E-state index in [1.54, 1.807) is 30.0 Å². The number of Topliss-reactive ketones (excluding diaryl/α,β-unsaturated/α-hetero) is 1. The number of benzene rings is 2. The van der Waals surface area contributed by atoms with Crippen molar-refractivity contribution in [2.45, 2.75) is 44.8 Å². The summed E-state index contributed by atoms with van der Waals surface area (Å²) in [6.45, 7) is 11.4. The minimum Gasteiger partial charge on any atom is -0.490 e. The van der Waals surface area contributed by atoms with Gasteiger partial charge in [-0.2, -0.15) is 0 Å². The molecule has 1 amide bonds. The highest BCUT2D eigenvalue weighted by Gasteiger charge is 2.45. The van der Waals surface area contributed by atoms with Crippen molar-refractivity contribution in [2.75, 3.05) is 13.2 Å². The molecule has 2 aromatic rings. The van der Waals surface area contributed by atoms with Gasteiger partial charge in [-0.3, -0.25) is 9.59 Å². The average Bonchev–Trinajstić information content (AvgIpc) is 3.19. The summed E-state index contributed by atoms with van der Waals surface area (Å²) >= 11 is 1.65. The van der Waals surface area contributed by atoms with Crippen LogP contribution in [0.4, 0.5) is 0 Å². The molecule has 2 aliphatic rings. The Morgan fingerprint density at radius 2 is 1.76 bits per heavy atom. The Labute approximate surface area is 229 Å². The van der Waals surface area contributed by atoms with E-state index in [9.17, 15) is 9.59 Å². The van der Waals surface area contributed by atoms with Gasteiger partial charge in [0.15, 0.2) is 17.3 Å². The van der Waals surface area contributed by atoms with Gasteiger partial charge in [-0.15, -0.1) is 0 Å². The smallest absolute Gasteiger partial charge is 0.225 e. The molecule has 4 rings (SSSR count). The Kier molecular flexibility index (Phi) is 8.95. The molecular weight excluding hydrogens is 494 g/mol. The van der Waals surface area contributed by atoms with Crippen molar-refractivity contribution in [1.29, 1.82) is 0 Å². The first-order valence-electron chi connectivity index (χ1n) is 13.1. The fourth-order valence-electron chi connectivity index (χ4n) is 4.78. The number of hydrogen-bond acceptors (Lipinski definition) is 5. The summed E-state index contributed by atoms with van der Waals surface area (Å²) in [6.07, 6.45) is 9.63. The fourth-order valence-corrected chi connectivity index (χ4v) is 6.27. The van der Waals surface area contributed by atoms with E-state index in [-0.39, 0.29) is 35.2 Å². The third-order valence-corrected chi connectivity index (χ3v) is 8.37. The van der Waals surface area contributed by atoms with Crippen LogP contribution in [0.25, 0.3) is 5.57 Å². The molecule has 1 N–H and O–H groups in total. The topological polar surface area (TPSA) is 64.6 Å². The summed E-state index contributed by atoms with van der Waals surface area (Å²) in [5, 5.41) is 3.92. The molecule has 6 heteroatoms. The van der Waals surface area contributed by atoms with Gasteiger partial charge in [0, 0.05) is 24.0 Å². The second-order valence-corrected chi connectivity index (χ2v) is 10.9. The van der Waals surface area contributed by atoms with Crippen LogP contribution in [0.5, 0.6) is 11.5 Å². The molecule has 198 valence electrons. The third-order valence-electron chi connectivity index (χ3n) is 6.89. The first kappa shape index (κ1) is 27.5. The Morgan fingerprint density at radius 1 is 1.03 bits per heavy atom. The molecule has 0 fully saturated rings. The van der Waals surface area contributed by atoms with Crippen molar-refractivity contribution in [1.82, 2.24) is 5.32 Å². The number of ketones is 1. The van der Waals surface area contributed by atoms with E-state index < -0.39 is 0 Å². The Bertz CT molecular complexity index is 1290. The maximum atomic E-state index is 13.1. The second kappa shape index (κ2) is 12.4. The van der Waals surface area contributed by atoms with Crippen LogP contribution in [-0.4, -0.2) is 29.7 Å². The largest absolute Gasteiger partial charge is 0.490 e. The zero-order valence-corrected chi connectivity index (χ0v) is 23.1. The molecule has 38 heavy (non-hydrogen) atoms. The molecule has 2 atom stereocenters. The van der Waals surface area contributed by atoms with Gasteiger partial charge in [-0.25, -0.2) is 0 Å². The predicted octanol–water partition coefficient (Wildman–Crippen LogP) is 7.13. The molecule has 1 aliphatic carbocycles. The minimum atomic E-state index is -0.289. The van der Waals surface area contributed by atoms with Crippen molar-refractivity contribution < 1.29 is 19.1 Å². The number of allylic oxidation sites excluding steroid dienone is 5. The summed E-state index contributed by atoms with van der Waals surface area (Å²) in [7, 11) is 0. The molecule has 2 unspecified atom stereocenters. The van der Waals surface area contributed by atoms with Gasteiger partial charge < -0.3 is 14.8 Å². The summed E-state index contributed by atoms with van der Waals surface area (Å²) in [5.74, 6) is 1.09. The van der Waals surface area contributed by atoms with E-state index in [1.165, 1.54) is 0 Å². The number of nitrogens with one attached hydrogen (secondary N) is 1. The molecular formula is C32H35NO4S. The van der Waals surface area contributed by atoms with Crippen LogP contribution < -0.4 is 14.8 Å². The van der Waals surface area contributed by atoms with Crippen LogP contribution in [0, 0.1) is 5.92 Å². The van der Waals surface area contributed by atoms with E-state index in [0.29, 0.717) is 30.3 Å². The van der Waals surface area contributed by atoms with Gasteiger partial charge in [0.1, 0.15) is 0 Å². The van der Waals surface area contributed by atoms with Gasteiger partial charge in [-0.05, 0) is 62.4 Å². The lowest BCUT2D eigenvalue weighted by Gasteiger charge is -2.33. The average molecular weight is 530 g/mol. The highest BCUT2D eigenvalue weighted by Crippen LogP contribution is 2.56. The van der Waals surface area contributed by atoms with Crippen LogP contribution >= 0.6 is 11.8 Å². The minimum absolute atomic E-state index is 0.0808. The highest BCUT2D eigenvalue weighted by molar-refractivity contribution is 8.05. The molecule has 0 bridgehead atoms. The summed E-state index contributed by atoms with van der Waals surface area (Å²) in [4.78, 5) is 26.0. The van der Waals surface area contributed by atoms with Gasteiger partial charge in [0.05, 0.1) is 23.0 Å². The zero-order chi connectivity index (χ0) is 27.1. The lowest BCUT2D eigenvalue weighted by molar-refractivity contribution is -0.120. The SMILES string of the molecule is C=C1C(c2ccccc2)=C(NC(=O)CCC(=O)c2ccc(OCC)c(OCC)c2)SC1(C)C1C=CC=CC1. The second-order valence-electron chi connectivity index (χ2n) is 9.41. The normalized spacial score (nSPS) is 20.5. The highest BCUT2D eigenvalue weighted by atomic mass is 32.2. The first-order chi connectivity index (χ1) is 18.4. The summed E-state index contributed by atoms with van der Waals surface area (Å²) < 4.78 is 10.9. The molecule has 0 saturated heterocycles. The van der Waals surface area contributed by atoms with Crippen molar-refractivity contribution >= 4 is 29.0 Å². The van der Waals surface area contributed by atoms with E-state index >= 15 is 0 Å². The van der Waals surface area contributed by atoms with E-state index in [2.05, 4.69) is 43.1 Å². The lowest BCUT2D eigenvalue weighted by Crippen LogP contribution is -2.30. The summed E-state index contributed by atoms with van der Waals surface area (Å²) in [5.41, 5.74) is 3.49. The number of ether oxygens (including phenoxy) is 2. The number of carbonyl (C=O) groups is 2. The van der Waals surface area contributed by atoms with Crippen molar-refractivity contribution in [3.05, 3.63) is 101 Å². The number of amides is 1. The first-order valence-corrected chi connectivity index (χ1v) is 13.9. The van der Waals surface area contributed by atoms with Crippen molar-refractivity contribution in [2.24, 2.45) is 5.92 Å². The Hall–Kier alpha value is -3.51. The van der Waals surface area contributed by atoms with E-state index in [1.807, 2.05) is 44.2 Å². The Morgan fingerprint density at radius 3 is 2.45 bits per heavy atom. The third kappa shape index (κ3) is 5.97. The quantitative estimate of drug-likeness (QED) is 0.314. The van der Waals surface area contributed by atoms with Gasteiger partial charge in [0.25, 0.3) is 0 Å². The summed E-state index contributed by atoms with van der Waals surface area (Å²) in [6, 6.07) is 15.2. The number of carbonyl (C=O) groups excluding carboxylic acids is 2. The van der Waals surface area contributed by atoms with Crippen molar-refractivity contribution in [3.8, 4) is 11.5 Å². The molecule has 0 spiro atoms. The molecule has 0 saturated carbocycles. The standard InChI is InChI=1S/C32H35NO4S/c1-5-36-27-19-17-24(21-28(27)37-6-2)26(34)18-20-29(35)33-31-30(23-13-9-7-10-14-23)22(3)32(4,38-31)25-15-11-8-12-16-25/h7-15,17,19,21,25H,3,5-6,16,18,20H2,1-2,4H3,(H,33,35). The zero-order valence-electron chi connectivity index (χ0n) is 22.3. The van der Waals surface area contributed by atoms with Gasteiger partial charge in [-0.1, -0.05) is 73.0 Å². The van der Waals surface area contributed by atoms with E-state index in [4.69, 9.17) is 9.47 Å². The molecule has 0 aromatic heterocycles. The van der Waals surface area contributed by atoms with Crippen LogP contribution in [0.15, 0.2) is 90.0 Å². The Balaban J connectivity index is 1.48. The van der Waals surface area contributed by atoms with Crippen LogP contribution in [-0.2, 0) is 4.79 Å². The van der Waals surface area contributed by atoms with Crippen LogP contribution in [0.2, 0.25) is 0 Å². The van der Waals surface area contributed by atoms with Gasteiger partial charge in [0.2, 0.25) is 5.91 Å². The number of rotatable bonds is 11. The molecule has 2 aromatic carbocycles. The molecule has 1 heterocycles. The van der Waals surface area contributed by atoms with Crippen LogP contribution in [0.3, 0.4) is 0 Å². The van der Waals surface area contributed by atoms with Gasteiger partial charge >= 0.3 is 0 Å². The maximum absolute atomic E-state index is 13.1. The molecule has 5 nitrogen and oxygen atoms in total.